The zero-order valence-electron chi connectivity index (χ0n) is 16.0. The minimum atomic E-state index is 0. The number of pyridine rings is 1. The maximum Gasteiger partial charge on any atom is 0.0270 e. The second-order valence-corrected chi connectivity index (χ2v) is 7.06. The van der Waals surface area contributed by atoms with Crippen LogP contribution in [0.15, 0.2) is 24.5 Å². The smallest absolute Gasteiger partial charge is 0.0270 e. The Kier molecular flexibility index (Phi) is 18.3. The molecule has 0 radical (unpaired) electrons. The standard InChI is InChI=1S/C22H39N.ClH/c1-2-3-4-5-6-7-8-9-10-11-12-13-14-15-16-17-22-18-20-23-21-19-22;/h18-21H,2-17H2,1H3;1H. The highest BCUT2D eigenvalue weighted by molar-refractivity contribution is 5.85. The van der Waals surface area contributed by atoms with E-state index in [9.17, 15) is 0 Å². The molecule has 140 valence electrons. The van der Waals surface area contributed by atoms with Crippen molar-refractivity contribution in [1.82, 2.24) is 4.98 Å². The molecule has 24 heavy (non-hydrogen) atoms. The van der Waals surface area contributed by atoms with Gasteiger partial charge in [0.05, 0.1) is 0 Å². The third-order valence-electron chi connectivity index (χ3n) is 4.82. The Hall–Kier alpha value is -0.560. The number of aryl methyl sites for hydroxylation is 1. The Morgan fingerprint density at radius 3 is 1.38 bits per heavy atom. The maximum atomic E-state index is 4.07. The summed E-state index contributed by atoms with van der Waals surface area (Å²) >= 11 is 0. The molecule has 1 aromatic heterocycles. The molecule has 1 nitrogen and oxygen atoms in total. The van der Waals surface area contributed by atoms with E-state index in [1.807, 2.05) is 12.4 Å². The summed E-state index contributed by atoms with van der Waals surface area (Å²) < 4.78 is 0. The largest absolute Gasteiger partial charge is 0.265 e. The van der Waals surface area contributed by atoms with E-state index in [1.165, 1.54) is 108 Å². The molecule has 0 saturated heterocycles. The fourth-order valence-corrected chi connectivity index (χ4v) is 3.25. The van der Waals surface area contributed by atoms with E-state index in [2.05, 4.69) is 24.0 Å². The normalized spacial score (nSPS) is 10.5. The van der Waals surface area contributed by atoms with E-state index < -0.39 is 0 Å². The zero-order chi connectivity index (χ0) is 16.4. The molecule has 0 aliphatic rings. The van der Waals surface area contributed by atoms with E-state index in [1.54, 1.807) is 0 Å². The summed E-state index contributed by atoms with van der Waals surface area (Å²) in [7, 11) is 0. The first-order chi connectivity index (χ1) is 11.4. The van der Waals surface area contributed by atoms with Gasteiger partial charge in [-0.25, -0.2) is 0 Å². The SMILES string of the molecule is CCCCCCCCCCCCCCCCCc1ccncc1.Cl. The third kappa shape index (κ3) is 15.0. The lowest BCUT2D eigenvalue weighted by molar-refractivity contribution is 0.532. The molecule has 0 N–H and O–H groups in total. The van der Waals surface area contributed by atoms with E-state index in [4.69, 9.17) is 0 Å². The van der Waals surface area contributed by atoms with Gasteiger partial charge in [-0.1, -0.05) is 96.8 Å². The van der Waals surface area contributed by atoms with Gasteiger partial charge in [0.1, 0.15) is 0 Å². The Balaban J connectivity index is 0.00000529. The van der Waals surface area contributed by atoms with Crippen LogP contribution in [0.5, 0.6) is 0 Å². The fourth-order valence-electron chi connectivity index (χ4n) is 3.25. The predicted octanol–water partition coefficient (Wildman–Crippen LogP) is 7.92. The number of aromatic nitrogens is 1. The van der Waals surface area contributed by atoms with E-state index in [0.29, 0.717) is 0 Å². The Morgan fingerprint density at radius 1 is 0.583 bits per heavy atom. The molecule has 1 rings (SSSR count). The van der Waals surface area contributed by atoms with Crippen molar-refractivity contribution in [2.75, 3.05) is 0 Å². The lowest BCUT2D eigenvalue weighted by Crippen LogP contribution is -1.87. The van der Waals surface area contributed by atoms with Gasteiger partial charge in [-0.05, 0) is 30.5 Å². The first-order valence-electron chi connectivity index (χ1n) is 10.3. The van der Waals surface area contributed by atoms with Crippen molar-refractivity contribution in [3.8, 4) is 0 Å². The summed E-state index contributed by atoms with van der Waals surface area (Å²) in [6.07, 6.45) is 26.6. The molecule has 0 aliphatic carbocycles. The van der Waals surface area contributed by atoms with Gasteiger partial charge in [0.15, 0.2) is 0 Å². The van der Waals surface area contributed by atoms with Crippen LogP contribution in [0.3, 0.4) is 0 Å². The van der Waals surface area contributed by atoms with Gasteiger partial charge in [-0.15, -0.1) is 12.4 Å². The monoisotopic (exact) mass is 353 g/mol. The molecule has 0 fully saturated rings. The van der Waals surface area contributed by atoms with E-state index in [0.717, 1.165) is 0 Å². The lowest BCUT2D eigenvalue weighted by Gasteiger charge is -2.03. The summed E-state index contributed by atoms with van der Waals surface area (Å²) in [6.45, 7) is 2.29. The second-order valence-electron chi connectivity index (χ2n) is 7.06. The van der Waals surface area contributed by atoms with Crippen LogP contribution >= 0.6 is 12.4 Å². The number of hydrogen-bond acceptors (Lipinski definition) is 1. The molecular weight excluding hydrogens is 314 g/mol. The molecule has 0 amide bonds. The van der Waals surface area contributed by atoms with Crippen LogP contribution in [0.2, 0.25) is 0 Å². The van der Waals surface area contributed by atoms with Gasteiger partial charge in [0, 0.05) is 12.4 Å². The van der Waals surface area contributed by atoms with Crippen molar-refractivity contribution in [1.29, 1.82) is 0 Å². The number of unbranched alkanes of at least 4 members (excludes halogenated alkanes) is 14. The number of hydrogen-bond donors (Lipinski definition) is 0. The molecule has 0 unspecified atom stereocenters. The molecule has 1 heterocycles. The van der Waals surface area contributed by atoms with Crippen LogP contribution in [-0.2, 0) is 6.42 Å². The van der Waals surface area contributed by atoms with Gasteiger partial charge in [-0.2, -0.15) is 0 Å². The van der Waals surface area contributed by atoms with Crippen LogP contribution in [0, 0.1) is 0 Å². The molecule has 2 heteroatoms. The van der Waals surface area contributed by atoms with Crippen molar-refractivity contribution in [3.63, 3.8) is 0 Å². The van der Waals surface area contributed by atoms with Crippen LogP contribution in [0.25, 0.3) is 0 Å². The molecule has 0 atom stereocenters. The number of halogens is 1. The van der Waals surface area contributed by atoms with Crippen LogP contribution in [0.1, 0.15) is 109 Å². The van der Waals surface area contributed by atoms with Gasteiger partial charge in [0.25, 0.3) is 0 Å². The van der Waals surface area contributed by atoms with Gasteiger partial charge in [-0.3, -0.25) is 4.98 Å². The molecule has 0 saturated carbocycles. The van der Waals surface area contributed by atoms with Crippen molar-refractivity contribution >= 4 is 12.4 Å². The molecule has 1 aromatic rings. The first kappa shape index (κ1) is 23.4. The number of nitrogens with zero attached hydrogens (tertiary/aromatic N) is 1. The quantitative estimate of drug-likeness (QED) is 0.275. The first-order valence-corrected chi connectivity index (χ1v) is 10.3. The van der Waals surface area contributed by atoms with Crippen molar-refractivity contribution < 1.29 is 0 Å². The van der Waals surface area contributed by atoms with Crippen molar-refractivity contribution in [3.05, 3.63) is 30.1 Å². The topological polar surface area (TPSA) is 12.9 Å². The van der Waals surface area contributed by atoms with Crippen molar-refractivity contribution in [2.45, 2.75) is 110 Å². The summed E-state index contributed by atoms with van der Waals surface area (Å²) in [5.74, 6) is 0. The van der Waals surface area contributed by atoms with Gasteiger partial charge in [0.2, 0.25) is 0 Å². The Labute approximate surface area is 157 Å². The van der Waals surface area contributed by atoms with Crippen LogP contribution in [0.4, 0.5) is 0 Å². The second kappa shape index (κ2) is 18.8. The third-order valence-corrected chi connectivity index (χ3v) is 4.82. The fraction of sp³-hybridized carbons (Fsp3) is 0.773. The summed E-state index contributed by atoms with van der Waals surface area (Å²) in [4.78, 5) is 4.07. The summed E-state index contributed by atoms with van der Waals surface area (Å²) in [6, 6.07) is 4.29. The number of rotatable bonds is 16. The molecule has 0 bridgehead atoms. The van der Waals surface area contributed by atoms with Crippen LogP contribution in [-0.4, -0.2) is 4.98 Å². The maximum absolute atomic E-state index is 4.07. The summed E-state index contributed by atoms with van der Waals surface area (Å²) in [5, 5.41) is 0. The Bertz CT molecular complexity index is 339. The van der Waals surface area contributed by atoms with E-state index >= 15 is 0 Å². The van der Waals surface area contributed by atoms with E-state index in [-0.39, 0.29) is 12.4 Å². The van der Waals surface area contributed by atoms with Crippen molar-refractivity contribution in [2.24, 2.45) is 0 Å². The average Bonchev–Trinajstić information content (AvgIpc) is 2.59. The average molecular weight is 354 g/mol. The van der Waals surface area contributed by atoms with Gasteiger partial charge >= 0.3 is 0 Å². The molecular formula is C22H40ClN. The highest BCUT2D eigenvalue weighted by Crippen LogP contribution is 2.14. The highest BCUT2D eigenvalue weighted by atomic mass is 35.5. The minimum Gasteiger partial charge on any atom is -0.265 e. The van der Waals surface area contributed by atoms with Gasteiger partial charge < -0.3 is 0 Å². The Morgan fingerprint density at radius 2 is 0.958 bits per heavy atom. The molecule has 0 aromatic carbocycles. The van der Waals surface area contributed by atoms with Crippen LogP contribution < -0.4 is 0 Å². The zero-order valence-corrected chi connectivity index (χ0v) is 16.8. The molecule has 0 spiro atoms. The lowest BCUT2D eigenvalue weighted by atomic mass is 10.0. The predicted molar refractivity (Wildman–Crippen MR) is 110 cm³/mol. The minimum absolute atomic E-state index is 0. The highest BCUT2D eigenvalue weighted by Gasteiger charge is 1.95. The molecule has 0 aliphatic heterocycles. The summed E-state index contributed by atoms with van der Waals surface area (Å²) in [5.41, 5.74) is 1.44.